The maximum absolute atomic E-state index is 12.3. The summed E-state index contributed by atoms with van der Waals surface area (Å²) in [5, 5.41) is 9.65. The van der Waals surface area contributed by atoms with Gasteiger partial charge in [-0.2, -0.15) is 5.26 Å². The second-order valence-corrected chi connectivity index (χ2v) is 7.17. The number of nitrogens with one attached hydrogen (secondary N) is 3. The SMILES string of the molecule is N#Cc1ccc(S(=O)(=O)NCc2nc3c(cnc4[nH]ccc43)[nH]2)cc1. The van der Waals surface area contributed by atoms with E-state index in [1.807, 2.05) is 12.1 Å². The molecule has 0 aliphatic rings. The Kier molecular flexibility index (Phi) is 3.49. The van der Waals surface area contributed by atoms with Crippen LogP contribution in [0.1, 0.15) is 11.4 Å². The summed E-state index contributed by atoms with van der Waals surface area (Å²) < 4.78 is 27.2. The molecular formula is C16H12N6O2S. The van der Waals surface area contributed by atoms with Gasteiger partial charge in [0.1, 0.15) is 17.0 Å². The molecule has 0 radical (unpaired) electrons. The predicted octanol–water partition coefficient (Wildman–Crippen LogP) is 1.79. The normalized spacial score (nSPS) is 11.8. The Bertz CT molecular complexity index is 1220. The second kappa shape index (κ2) is 5.70. The quantitative estimate of drug-likeness (QED) is 0.516. The number of aromatic amines is 2. The Labute approximate surface area is 142 Å². The van der Waals surface area contributed by atoms with Crippen LogP contribution in [-0.4, -0.2) is 28.4 Å². The minimum Gasteiger partial charge on any atom is -0.346 e. The van der Waals surface area contributed by atoms with Gasteiger partial charge in [-0.1, -0.05) is 0 Å². The minimum absolute atomic E-state index is 0.0168. The number of nitrogens with zero attached hydrogens (tertiary/aromatic N) is 3. The number of hydrogen-bond donors (Lipinski definition) is 3. The zero-order valence-electron chi connectivity index (χ0n) is 12.8. The zero-order valence-corrected chi connectivity index (χ0v) is 13.6. The third-order valence-corrected chi connectivity index (χ3v) is 5.22. The van der Waals surface area contributed by atoms with E-state index in [0.29, 0.717) is 11.4 Å². The summed E-state index contributed by atoms with van der Waals surface area (Å²) in [5.41, 5.74) is 2.60. The average molecular weight is 352 g/mol. The summed E-state index contributed by atoms with van der Waals surface area (Å²) in [6.45, 7) is 0.0168. The van der Waals surface area contributed by atoms with Crippen LogP contribution in [0.15, 0.2) is 47.6 Å². The van der Waals surface area contributed by atoms with Gasteiger partial charge in [-0.25, -0.2) is 23.1 Å². The minimum atomic E-state index is -3.69. The van der Waals surface area contributed by atoms with Crippen LogP contribution < -0.4 is 4.72 Å². The second-order valence-electron chi connectivity index (χ2n) is 5.40. The standard InChI is InChI=1S/C16H12N6O2S/c17-7-10-1-3-11(4-2-10)25(23,24)20-9-14-21-13-8-19-16-12(5-6-18-16)15(13)22-14/h1-6,8,20H,9H2,(H,18,19)(H,21,22). The summed E-state index contributed by atoms with van der Waals surface area (Å²) >= 11 is 0. The van der Waals surface area contributed by atoms with Crippen LogP contribution in [0.2, 0.25) is 0 Å². The molecule has 0 spiro atoms. The molecule has 0 bridgehead atoms. The van der Waals surface area contributed by atoms with Gasteiger partial charge in [0.2, 0.25) is 10.0 Å². The van der Waals surface area contributed by atoms with Crippen LogP contribution in [0.4, 0.5) is 0 Å². The highest BCUT2D eigenvalue weighted by atomic mass is 32.2. The molecule has 3 N–H and O–H groups in total. The first kappa shape index (κ1) is 15.3. The third kappa shape index (κ3) is 2.73. The van der Waals surface area contributed by atoms with E-state index in [1.54, 1.807) is 12.4 Å². The number of hydrogen-bond acceptors (Lipinski definition) is 5. The first-order valence-corrected chi connectivity index (χ1v) is 8.86. The van der Waals surface area contributed by atoms with E-state index in [1.165, 1.54) is 24.3 Å². The highest BCUT2D eigenvalue weighted by molar-refractivity contribution is 7.89. The molecule has 0 atom stereocenters. The number of H-pyrrole nitrogens is 2. The van der Waals surface area contributed by atoms with Gasteiger partial charge in [-0.05, 0) is 30.3 Å². The Morgan fingerprint density at radius 1 is 1.20 bits per heavy atom. The zero-order chi connectivity index (χ0) is 17.4. The molecule has 3 aromatic heterocycles. The lowest BCUT2D eigenvalue weighted by Gasteiger charge is -2.05. The van der Waals surface area contributed by atoms with Gasteiger partial charge in [0.05, 0.1) is 34.8 Å². The molecule has 8 nitrogen and oxygen atoms in total. The van der Waals surface area contributed by atoms with Crippen molar-refractivity contribution < 1.29 is 8.42 Å². The number of aromatic nitrogens is 4. The van der Waals surface area contributed by atoms with Crippen molar-refractivity contribution in [3.8, 4) is 6.07 Å². The van der Waals surface area contributed by atoms with Gasteiger partial charge in [0.25, 0.3) is 0 Å². The van der Waals surface area contributed by atoms with Crippen LogP contribution in [0.5, 0.6) is 0 Å². The van der Waals surface area contributed by atoms with Crippen molar-refractivity contribution in [2.45, 2.75) is 11.4 Å². The molecule has 0 aliphatic carbocycles. The van der Waals surface area contributed by atoms with Crippen molar-refractivity contribution in [3.05, 3.63) is 54.1 Å². The highest BCUT2D eigenvalue weighted by Crippen LogP contribution is 2.20. The lowest BCUT2D eigenvalue weighted by Crippen LogP contribution is -2.23. The monoisotopic (exact) mass is 352 g/mol. The van der Waals surface area contributed by atoms with E-state index in [2.05, 4.69) is 24.7 Å². The topological polar surface area (TPSA) is 127 Å². The summed E-state index contributed by atoms with van der Waals surface area (Å²) in [6, 6.07) is 9.54. The van der Waals surface area contributed by atoms with Gasteiger partial charge in [0, 0.05) is 11.6 Å². The number of sulfonamides is 1. The van der Waals surface area contributed by atoms with Gasteiger partial charge >= 0.3 is 0 Å². The molecule has 0 unspecified atom stereocenters. The maximum Gasteiger partial charge on any atom is 0.240 e. The largest absolute Gasteiger partial charge is 0.346 e. The van der Waals surface area contributed by atoms with E-state index < -0.39 is 10.0 Å². The molecule has 9 heteroatoms. The number of fused-ring (bicyclic) bond motifs is 3. The molecule has 4 rings (SSSR count). The predicted molar refractivity (Wildman–Crippen MR) is 90.9 cm³/mol. The Balaban J connectivity index is 1.59. The lowest BCUT2D eigenvalue weighted by atomic mass is 10.2. The lowest BCUT2D eigenvalue weighted by molar-refractivity contribution is 0.579. The average Bonchev–Trinajstić information content (AvgIpc) is 3.25. The summed E-state index contributed by atoms with van der Waals surface area (Å²) in [4.78, 5) is 14.9. The summed E-state index contributed by atoms with van der Waals surface area (Å²) in [5.74, 6) is 0.489. The van der Waals surface area contributed by atoms with E-state index in [-0.39, 0.29) is 11.4 Å². The van der Waals surface area contributed by atoms with Crippen molar-refractivity contribution in [2.75, 3.05) is 0 Å². The van der Waals surface area contributed by atoms with Crippen LogP contribution in [0.3, 0.4) is 0 Å². The number of nitriles is 1. The first-order valence-electron chi connectivity index (χ1n) is 7.37. The number of rotatable bonds is 4. The fraction of sp³-hybridized carbons (Fsp3) is 0.0625. The number of benzene rings is 1. The number of pyridine rings is 1. The number of imidazole rings is 1. The van der Waals surface area contributed by atoms with Crippen molar-refractivity contribution in [1.29, 1.82) is 5.26 Å². The molecular weight excluding hydrogens is 340 g/mol. The van der Waals surface area contributed by atoms with Crippen molar-refractivity contribution in [2.24, 2.45) is 0 Å². The summed E-state index contributed by atoms with van der Waals surface area (Å²) in [7, 11) is -3.69. The Morgan fingerprint density at radius 2 is 2.00 bits per heavy atom. The molecule has 4 aromatic rings. The maximum atomic E-state index is 12.3. The molecule has 0 saturated heterocycles. The van der Waals surface area contributed by atoms with Gasteiger partial charge in [-0.3, -0.25) is 0 Å². The van der Waals surface area contributed by atoms with Crippen molar-refractivity contribution >= 4 is 32.1 Å². The van der Waals surface area contributed by atoms with Crippen molar-refractivity contribution in [3.63, 3.8) is 0 Å². The van der Waals surface area contributed by atoms with Crippen molar-refractivity contribution in [1.82, 2.24) is 24.7 Å². The van der Waals surface area contributed by atoms with Crippen LogP contribution >= 0.6 is 0 Å². The summed E-state index contributed by atoms with van der Waals surface area (Å²) in [6.07, 6.45) is 3.43. The Hall–Kier alpha value is -3.22. The Morgan fingerprint density at radius 3 is 2.76 bits per heavy atom. The van der Waals surface area contributed by atoms with E-state index in [9.17, 15) is 8.42 Å². The smallest absolute Gasteiger partial charge is 0.240 e. The van der Waals surface area contributed by atoms with E-state index in [4.69, 9.17) is 5.26 Å². The molecule has 1 aromatic carbocycles. The highest BCUT2D eigenvalue weighted by Gasteiger charge is 2.15. The van der Waals surface area contributed by atoms with Crippen LogP contribution in [-0.2, 0) is 16.6 Å². The molecule has 0 amide bonds. The first-order chi connectivity index (χ1) is 12.1. The third-order valence-electron chi connectivity index (χ3n) is 3.81. The molecule has 124 valence electrons. The molecule has 0 aliphatic heterocycles. The molecule has 0 saturated carbocycles. The van der Waals surface area contributed by atoms with Gasteiger partial charge < -0.3 is 9.97 Å². The molecule has 0 fully saturated rings. The van der Waals surface area contributed by atoms with E-state index >= 15 is 0 Å². The fourth-order valence-electron chi connectivity index (χ4n) is 2.56. The van der Waals surface area contributed by atoms with Crippen LogP contribution in [0.25, 0.3) is 22.1 Å². The van der Waals surface area contributed by atoms with Gasteiger partial charge in [-0.15, -0.1) is 0 Å². The molecule has 25 heavy (non-hydrogen) atoms. The van der Waals surface area contributed by atoms with Gasteiger partial charge in [0.15, 0.2) is 0 Å². The molecule has 3 heterocycles. The van der Waals surface area contributed by atoms with E-state index in [0.717, 1.165) is 22.1 Å². The fourth-order valence-corrected chi connectivity index (χ4v) is 3.55. The van der Waals surface area contributed by atoms with Crippen LogP contribution in [0, 0.1) is 11.3 Å².